The van der Waals surface area contributed by atoms with Gasteiger partial charge in [-0.05, 0) is 34.4 Å². The largest absolute Gasteiger partial charge is 0.363 e. The minimum absolute atomic E-state index is 0.0828. The molecule has 0 spiro atoms. The van der Waals surface area contributed by atoms with E-state index in [1.54, 1.807) is 11.6 Å². The Hall–Kier alpha value is -1.63. The molecule has 0 aliphatic carbocycles. The number of anilines is 1. The van der Waals surface area contributed by atoms with E-state index in [0.29, 0.717) is 24.6 Å². The van der Waals surface area contributed by atoms with Crippen LogP contribution in [0.25, 0.3) is 0 Å². The average molecular weight is 269 g/mol. The van der Waals surface area contributed by atoms with Crippen molar-refractivity contribution in [2.24, 2.45) is 0 Å². The Bertz CT molecular complexity index is 442. The molecular formula is C12H23N5O2. The zero-order valence-corrected chi connectivity index (χ0v) is 12.3. The van der Waals surface area contributed by atoms with E-state index in [1.165, 1.54) is 0 Å². The second-order valence-corrected chi connectivity index (χ2v) is 4.96. The van der Waals surface area contributed by atoms with Gasteiger partial charge >= 0.3 is 5.69 Å². The van der Waals surface area contributed by atoms with E-state index in [9.17, 15) is 10.1 Å². The fourth-order valence-electron chi connectivity index (χ4n) is 1.77. The minimum atomic E-state index is -0.364. The highest BCUT2D eigenvalue weighted by Gasteiger charge is 2.25. The number of nitro groups is 1. The maximum atomic E-state index is 11.1. The Kier molecular flexibility index (Phi) is 5.29. The number of aryl methyl sites for hydroxylation is 2. The number of rotatable bonds is 7. The van der Waals surface area contributed by atoms with Crippen LogP contribution in [-0.4, -0.2) is 46.3 Å². The van der Waals surface area contributed by atoms with E-state index in [0.717, 1.165) is 6.42 Å². The van der Waals surface area contributed by atoms with E-state index in [-0.39, 0.29) is 16.7 Å². The molecular weight excluding hydrogens is 246 g/mol. The first kappa shape index (κ1) is 15.4. The summed E-state index contributed by atoms with van der Waals surface area (Å²) in [6, 6.07) is 0.282. The molecule has 7 heteroatoms. The average Bonchev–Trinajstić information content (AvgIpc) is 2.62. The quantitative estimate of drug-likeness (QED) is 0.604. The molecule has 0 saturated carbocycles. The molecule has 1 aromatic rings. The molecule has 1 atom stereocenters. The summed E-state index contributed by atoms with van der Waals surface area (Å²) < 4.78 is 1.69. The highest BCUT2D eigenvalue weighted by Crippen LogP contribution is 2.28. The zero-order valence-electron chi connectivity index (χ0n) is 12.3. The highest BCUT2D eigenvalue weighted by atomic mass is 16.6. The Labute approximate surface area is 113 Å². The first-order valence-electron chi connectivity index (χ1n) is 6.50. The molecule has 108 valence electrons. The first-order valence-corrected chi connectivity index (χ1v) is 6.50. The number of nitrogens with one attached hydrogen (secondary N) is 1. The van der Waals surface area contributed by atoms with Gasteiger partial charge in [0.05, 0.1) is 4.92 Å². The zero-order chi connectivity index (χ0) is 14.6. The van der Waals surface area contributed by atoms with Crippen LogP contribution in [-0.2, 0) is 6.54 Å². The van der Waals surface area contributed by atoms with Gasteiger partial charge in [0.15, 0.2) is 0 Å². The van der Waals surface area contributed by atoms with Crippen LogP contribution in [0.3, 0.4) is 0 Å². The van der Waals surface area contributed by atoms with E-state index in [1.807, 2.05) is 21.0 Å². The van der Waals surface area contributed by atoms with Crippen molar-refractivity contribution in [1.29, 1.82) is 0 Å². The van der Waals surface area contributed by atoms with E-state index >= 15 is 0 Å². The molecule has 0 saturated heterocycles. The van der Waals surface area contributed by atoms with Gasteiger partial charge in [-0.1, -0.05) is 6.92 Å². The molecule has 0 aliphatic heterocycles. The van der Waals surface area contributed by atoms with Crippen molar-refractivity contribution in [3.63, 3.8) is 0 Å². The maximum absolute atomic E-state index is 11.1. The van der Waals surface area contributed by atoms with Gasteiger partial charge in [0.25, 0.3) is 0 Å². The number of aromatic nitrogens is 2. The predicted molar refractivity (Wildman–Crippen MR) is 75.5 cm³/mol. The second kappa shape index (κ2) is 6.51. The lowest BCUT2D eigenvalue weighted by atomic mass is 10.3. The Morgan fingerprint density at radius 1 is 1.53 bits per heavy atom. The van der Waals surface area contributed by atoms with E-state index in [4.69, 9.17) is 0 Å². The summed E-state index contributed by atoms with van der Waals surface area (Å²) in [4.78, 5) is 12.8. The van der Waals surface area contributed by atoms with Crippen molar-refractivity contribution < 1.29 is 4.92 Å². The van der Waals surface area contributed by atoms with Gasteiger partial charge in [-0.3, -0.25) is 10.1 Å². The Morgan fingerprint density at radius 3 is 2.63 bits per heavy atom. The number of hydrogen-bond acceptors (Lipinski definition) is 5. The lowest BCUT2D eigenvalue weighted by Crippen LogP contribution is -2.32. The molecule has 0 aromatic carbocycles. The van der Waals surface area contributed by atoms with Gasteiger partial charge in [-0.15, -0.1) is 0 Å². The third kappa shape index (κ3) is 3.66. The predicted octanol–water partition coefficient (Wildman–Crippen LogP) is 1.87. The lowest BCUT2D eigenvalue weighted by Gasteiger charge is -2.20. The number of likely N-dealkylation sites (N-methyl/N-ethyl adjacent to an activating group) is 1. The standard InChI is InChI=1S/C12H23N5O2/c1-6-7-16-12(13-8-9(2)15(4)5)11(17(18)19)10(3)14-16/h9,13H,6-8H2,1-5H3. The smallest absolute Gasteiger partial charge is 0.333 e. The van der Waals surface area contributed by atoms with Gasteiger partial charge in [-0.2, -0.15) is 5.10 Å². The van der Waals surface area contributed by atoms with Crippen LogP contribution in [0.2, 0.25) is 0 Å². The highest BCUT2D eigenvalue weighted by molar-refractivity contribution is 5.59. The van der Waals surface area contributed by atoms with Gasteiger partial charge in [0.2, 0.25) is 5.82 Å². The van der Waals surface area contributed by atoms with Crippen molar-refractivity contribution in [3.05, 3.63) is 15.8 Å². The summed E-state index contributed by atoms with van der Waals surface area (Å²) in [5.41, 5.74) is 0.540. The third-order valence-electron chi connectivity index (χ3n) is 3.16. The van der Waals surface area contributed by atoms with Crippen LogP contribution < -0.4 is 5.32 Å². The fraction of sp³-hybridized carbons (Fsp3) is 0.750. The van der Waals surface area contributed by atoms with Crippen molar-refractivity contribution in [2.75, 3.05) is 26.0 Å². The molecule has 1 rings (SSSR count). The van der Waals surface area contributed by atoms with Crippen LogP contribution in [0.1, 0.15) is 26.0 Å². The summed E-state index contributed by atoms with van der Waals surface area (Å²) in [6.45, 7) is 7.07. The van der Waals surface area contributed by atoms with Crippen LogP contribution in [0.5, 0.6) is 0 Å². The van der Waals surface area contributed by atoms with Crippen LogP contribution >= 0.6 is 0 Å². The topological polar surface area (TPSA) is 76.2 Å². The Morgan fingerprint density at radius 2 is 2.16 bits per heavy atom. The van der Waals surface area contributed by atoms with Gasteiger partial charge < -0.3 is 10.2 Å². The molecule has 0 amide bonds. The molecule has 0 radical (unpaired) electrons. The second-order valence-electron chi connectivity index (χ2n) is 4.96. The van der Waals surface area contributed by atoms with E-state index < -0.39 is 0 Å². The SMILES string of the molecule is CCCn1nc(C)c([N+](=O)[O-])c1NCC(C)N(C)C. The maximum Gasteiger partial charge on any atom is 0.333 e. The molecule has 1 aromatic heterocycles. The summed E-state index contributed by atoms with van der Waals surface area (Å²) >= 11 is 0. The normalized spacial score (nSPS) is 12.7. The van der Waals surface area contributed by atoms with Gasteiger partial charge in [0.1, 0.15) is 5.69 Å². The molecule has 1 N–H and O–H groups in total. The van der Waals surface area contributed by atoms with Gasteiger partial charge in [0, 0.05) is 19.1 Å². The number of hydrogen-bond donors (Lipinski definition) is 1. The summed E-state index contributed by atoms with van der Waals surface area (Å²) in [5.74, 6) is 0.512. The van der Waals surface area contributed by atoms with Crippen molar-refractivity contribution in [2.45, 2.75) is 39.8 Å². The molecule has 0 bridgehead atoms. The van der Waals surface area contributed by atoms with Crippen molar-refractivity contribution in [1.82, 2.24) is 14.7 Å². The van der Waals surface area contributed by atoms with Crippen molar-refractivity contribution in [3.8, 4) is 0 Å². The third-order valence-corrected chi connectivity index (χ3v) is 3.16. The molecule has 0 fully saturated rings. The minimum Gasteiger partial charge on any atom is -0.363 e. The summed E-state index contributed by atoms with van der Waals surface area (Å²) in [5, 5.41) is 18.6. The molecule has 1 heterocycles. The van der Waals surface area contributed by atoms with Crippen LogP contribution in [0.4, 0.5) is 11.5 Å². The Balaban J connectivity index is 2.98. The first-order chi connectivity index (χ1) is 8.88. The molecule has 7 nitrogen and oxygen atoms in total. The molecule has 1 unspecified atom stereocenters. The monoisotopic (exact) mass is 269 g/mol. The van der Waals surface area contributed by atoms with Crippen LogP contribution in [0.15, 0.2) is 0 Å². The molecule has 0 aliphatic rings. The summed E-state index contributed by atoms with van der Waals surface area (Å²) in [6.07, 6.45) is 0.885. The molecule has 19 heavy (non-hydrogen) atoms. The fourth-order valence-corrected chi connectivity index (χ4v) is 1.77. The van der Waals surface area contributed by atoms with Gasteiger partial charge in [-0.25, -0.2) is 4.68 Å². The number of nitrogens with zero attached hydrogens (tertiary/aromatic N) is 4. The lowest BCUT2D eigenvalue weighted by molar-refractivity contribution is -0.384. The van der Waals surface area contributed by atoms with Crippen molar-refractivity contribution >= 4 is 11.5 Å². The van der Waals surface area contributed by atoms with Crippen LogP contribution in [0, 0.1) is 17.0 Å². The van der Waals surface area contributed by atoms with E-state index in [2.05, 4.69) is 22.2 Å². The summed E-state index contributed by atoms with van der Waals surface area (Å²) in [7, 11) is 3.96.